The maximum atomic E-state index is 9.75. The Bertz CT molecular complexity index is 407. The van der Waals surface area contributed by atoms with E-state index in [0.717, 1.165) is 28.4 Å². The molecular formula is C15H24ClNO2. The zero-order valence-electron chi connectivity index (χ0n) is 12.2. The molecule has 19 heavy (non-hydrogen) atoms. The van der Waals surface area contributed by atoms with Crippen molar-refractivity contribution >= 4 is 11.6 Å². The lowest BCUT2D eigenvalue weighted by Crippen LogP contribution is -2.31. The number of aliphatic hydroxyl groups is 1. The summed E-state index contributed by atoms with van der Waals surface area (Å²) >= 11 is 6.21. The fourth-order valence-electron chi connectivity index (χ4n) is 1.82. The number of benzene rings is 1. The normalized spacial score (nSPS) is 12.8. The van der Waals surface area contributed by atoms with Crippen LogP contribution in [0, 0.1) is 6.92 Å². The highest BCUT2D eigenvalue weighted by atomic mass is 35.5. The van der Waals surface area contributed by atoms with Crippen LogP contribution in [0.5, 0.6) is 5.75 Å². The Balaban J connectivity index is 2.70. The Morgan fingerprint density at radius 1 is 1.37 bits per heavy atom. The summed E-state index contributed by atoms with van der Waals surface area (Å²) in [4.78, 5) is 0. The molecule has 0 fully saturated rings. The van der Waals surface area contributed by atoms with E-state index in [1.54, 1.807) is 0 Å². The Labute approximate surface area is 120 Å². The number of hydrogen-bond donors (Lipinski definition) is 2. The third-order valence-electron chi connectivity index (χ3n) is 2.98. The highest BCUT2D eigenvalue weighted by Crippen LogP contribution is 2.31. The molecule has 0 aliphatic heterocycles. The standard InChI is InChI=1S/C15H24ClNO2/c1-5-17-8-12(18)9-19-15-7-13(10(2)3)14(16)6-11(15)4/h6-7,10,12,17-18H,5,8-9H2,1-4H3. The Hall–Kier alpha value is -0.770. The molecule has 2 N–H and O–H groups in total. The number of halogens is 1. The van der Waals surface area contributed by atoms with Crippen LogP contribution in [0.1, 0.15) is 37.8 Å². The van der Waals surface area contributed by atoms with E-state index in [0.29, 0.717) is 12.5 Å². The minimum Gasteiger partial charge on any atom is -0.491 e. The summed E-state index contributed by atoms with van der Waals surface area (Å²) in [6.45, 7) is 9.83. The van der Waals surface area contributed by atoms with Gasteiger partial charge in [-0.25, -0.2) is 0 Å². The Kier molecular flexibility index (Phi) is 6.63. The van der Waals surface area contributed by atoms with Gasteiger partial charge in [0.25, 0.3) is 0 Å². The number of ether oxygens (including phenoxy) is 1. The average molecular weight is 286 g/mol. The molecule has 0 heterocycles. The first-order valence-corrected chi connectivity index (χ1v) is 7.15. The molecule has 0 saturated heterocycles. The molecule has 1 unspecified atom stereocenters. The van der Waals surface area contributed by atoms with Crippen LogP contribution in [0.2, 0.25) is 5.02 Å². The van der Waals surface area contributed by atoms with Gasteiger partial charge in [-0.05, 0) is 42.6 Å². The first-order valence-electron chi connectivity index (χ1n) is 6.77. The van der Waals surface area contributed by atoms with E-state index in [4.69, 9.17) is 16.3 Å². The fraction of sp³-hybridized carbons (Fsp3) is 0.600. The first-order chi connectivity index (χ1) is 8.95. The van der Waals surface area contributed by atoms with E-state index in [1.165, 1.54) is 0 Å². The maximum absolute atomic E-state index is 9.75. The molecule has 0 amide bonds. The molecule has 0 saturated carbocycles. The van der Waals surface area contributed by atoms with Crippen molar-refractivity contribution in [2.75, 3.05) is 19.7 Å². The highest BCUT2D eigenvalue weighted by Gasteiger charge is 2.11. The summed E-state index contributed by atoms with van der Waals surface area (Å²) in [6.07, 6.45) is -0.502. The maximum Gasteiger partial charge on any atom is 0.122 e. The monoisotopic (exact) mass is 285 g/mol. The molecule has 1 aromatic rings. The van der Waals surface area contributed by atoms with Crippen molar-refractivity contribution in [3.05, 3.63) is 28.3 Å². The Morgan fingerprint density at radius 2 is 2.05 bits per heavy atom. The van der Waals surface area contributed by atoms with Crippen LogP contribution in [0.25, 0.3) is 0 Å². The highest BCUT2D eigenvalue weighted by molar-refractivity contribution is 6.31. The third-order valence-corrected chi connectivity index (χ3v) is 3.30. The largest absolute Gasteiger partial charge is 0.491 e. The van der Waals surface area contributed by atoms with Crippen molar-refractivity contribution in [1.29, 1.82) is 0 Å². The Morgan fingerprint density at radius 3 is 2.63 bits per heavy atom. The SMILES string of the molecule is CCNCC(O)COc1cc(C(C)C)c(Cl)cc1C. The lowest BCUT2D eigenvalue weighted by Gasteiger charge is -2.17. The lowest BCUT2D eigenvalue weighted by molar-refractivity contribution is 0.106. The number of aliphatic hydroxyl groups excluding tert-OH is 1. The first kappa shape index (κ1) is 16.3. The van der Waals surface area contributed by atoms with Gasteiger partial charge < -0.3 is 15.2 Å². The second-order valence-corrected chi connectivity index (χ2v) is 5.47. The number of likely N-dealkylation sites (N-methyl/N-ethyl adjacent to an activating group) is 1. The van der Waals surface area contributed by atoms with Gasteiger partial charge >= 0.3 is 0 Å². The lowest BCUT2D eigenvalue weighted by atomic mass is 10.0. The smallest absolute Gasteiger partial charge is 0.122 e. The van der Waals surface area contributed by atoms with Crippen molar-refractivity contribution < 1.29 is 9.84 Å². The predicted octanol–water partition coefficient (Wildman–Crippen LogP) is 3.12. The summed E-state index contributed by atoms with van der Waals surface area (Å²) in [5.74, 6) is 1.14. The number of hydrogen-bond acceptors (Lipinski definition) is 3. The average Bonchev–Trinajstić information content (AvgIpc) is 2.34. The summed E-state index contributed by atoms with van der Waals surface area (Å²) < 4.78 is 5.69. The second kappa shape index (κ2) is 7.73. The zero-order valence-corrected chi connectivity index (χ0v) is 12.9. The predicted molar refractivity (Wildman–Crippen MR) is 80.3 cm³/mol. The van der Waals surface area contributed by atoms with Crippen molar-refractivity contribution in [2.45, 2.75) is 39.7 Å². The van der Waals surface area contributed by atoms with Crippen LogP contribution in [-0.2, 0) is 0 Å². The van der Waals surface area contributed by atoms with Crippen LogP contribution in [0.3, 0.4) is 0 Å². The fourth-order valence-corrected chi connectivity index (χ4v) is 2.26. The molecule has 0 aliphatic rings. The topological polar surface area (TPSA) is 41.5 Å². The van der Waals surface area contributed by atoms with Gasteiger partial charge in [0.15, 0.2) is 0 Å². The van der Waals surface area contributed by atoms with Gasteiger partial charge in [-0.1, -0.05) is 32.4 Å². The van der Waals surface area contributed by atoms with E-state index in [9.17, 15) is 5.11 Å². The van der Waals surface area contributed by atoms with Crippen molar-refractivity contribution in [3.63, 3.8) is 0 Å². The molecule has 1 aromatic carbocycles. The van der Waals surface area contributed by atoms with Crippen molar-refractivity contribution in [1.82, 2.24) is 5.32 Å². The van der Waals surface area contributed by atoms with Gasteiger partial charge in [-0.3, -0.25) is 0 Å². The number of aryl methyl sites for hydroxylation is 1. The number of rotatable bonds is 7. The molecule has 0 radical (unpaired) electrons. The van der Waals surface area contributed by atoms with E-state index < -0.39 is 6.10 Å². The molecule has 0 aromatic heterocycles. The van der Waals surface area contributed by atoms with Crippen LogP contribution >= 0.6 is 11.6 Å². The van der Waals surface area contributed by atoms with E-state index in [1.807, 2.05) is 26.0 Å². The quantitative estimate of drug-likeness (QED) is 0.809. The second-order valence-electron chi connectivity index (χ2n) is 5.07. The van der Waals surface area contributed by atoms with E-state index >= 15 is 0 Å². The summed E-state index contributed by atoms with van der Waals surface area (Å²) in [7, 11) is 0. The molecule has 4 heteroatoms. The van der Waals surface area contributed by atoms with Gasteiger partial charge in [0.1, 0.15) is 18.5 Å². The minimum atomic E-state index is -0.502. The summed E-state index contributed by atoms with van der Waals surface area (Å²) in [5, 5.41) is 13.6. The molecule has 0 bridgehead atoms. The summed E-state index contributed by atoms with van der Waals surface area (Å²) in [6, 6.07) is 3.89. The van der Waals surface area contributed by atoms with Gasteiger partial charge in [-0.2, -0.15) is 0 Å². The van der Waals surface area contributed by atoms with Gasteiger partial charge in [0.2, 0.25) is 0 Å². The van der Waals surface area contributed by atoms with Crippen LogP contribution in [0.15, 0.2) is 12.1 Å². The van der Waals surface area contributed by atoms with Crippen molar-refractivity contribution in [2.24, 2.45) is 0 Å². The zero-order chi connectivity index (χ0) is 14.4. The third kappa shape index (κ3) is 5.01. The van der Waals surface area contributed by atoms with Gasteiger partial charge in [0.05, 0.1) is 0 Å². The molecule has 1 atom stereocenters. The van der Waals surface area contributed by atoms with Crippen LogP contribution in [-0.4, -0.2) is 30.9 Å². The van der Waals surface area contributed by atoms with Gasteiger partial charge in [-0.15, -0.1) is 0 Å². The van der Waals surface area contributed by atoms with E-state index in [-0.39, 0.29) is 6.61 Å². The number of nitrogens with one attached hydrogen (secondary N) is 1. The molecular weight excluding hydrogens is 262 g/mol. The minimum absolute atomic E-state index is 0.285. The molecule has 3 nitrogen and oxygen atoms in total. The van der Waals surface area contributed by atoms with E-state index in [2.05, 4.69) is 19.2 Å². The molecule has 0 spiro atoms. The summed E-state index contributed by atoms with van der Waals surface area (Å²) in [5.41, 5.74) is 2.06. The molecule has 1 rings (SSSR count). The van der Waals surface area contributed by atoms with Crippen LogP contribution in [0.4, 0.5) is 0 Å². The van der Waals surface area contributed by atoms with Crippen molar-refractivity contribution in [3.8, 4) is 5.75 Å². The molecule has 108 valence electrons. The van der Waals surface area contributed by atoms with Gasteiger partial charge in [0, 0.05) is 11.6 Å². The molecule has 0 aliphatic carbocycles. The van der Waals surface area contributed by atoms with Crippen LogP contribution < -0.4 is 10.1 Å².